The molecule has 0 bridgehead atoms. The Morgan fingerprint density at radius 2 is 1.82 bits per heavy atom. The number of anilines is 3. The van der Waals surface area contributed by atoms with E-state index in [2.05, 4.69) is 20.7 Å². The number of carbonyl (C=O) groups excluding carboxylic acids is 1. The number of fused-ring (bicyclic) bond motifs is 1. The third-order valence-corrected chi connectivity index (χ3v) is 4.48. The molecule has 0 spiro atoms. The van der Waals surface area contributed by atoms with E-state index in [1.807, 2.05) is 18.2 Å². The molecule has 1 fully saturated rings. The van der Waals surface area contributed by atoms with Gasteiger partial charge in [0.25, 0.3) is 0 Å². The number of hydrogen-bond donors (Lipinski definition) is 2. The van der Waals surface area contributed by atoms with Gasteiger partial charge < -0.3 is 19.5 Å². The van der Waals surface area contributed by atoms with Gasteiger partial charge in [0.15, 0.2) is 17.1 Å². The number of pyridine rings is 1. The van der Waals surface area contributed by atoms with E-state index in [9.17, 15) is 4.79 Å². The summed E-state index contributed by atoms with van der Waals surface area (Å²) in [6.45, 7) is 0. The molecule has 4 rings (SSSR count). The van der Waals surface area contributed by atoms with Gasteiger partial charge in [-0.25, -0.2) is 0 Å². The summed E-state index contributed by atoms with van der Waals surface area (Å²) in [4.78, 5) is 16.3. The van der Waals surface area contributed by atoms with E-state index in [1.54, 1.807) is 38.0 Å². The summed E-state index contributed by atoms with van der Waals surface area (Å²) in [6, 6.07) is 9.13. The number of carbonyl (C=O) groups is 1. The van der Waals surface area contributed by atoms with E-state index in [0.29, 0.717) is 28.7 Å². The van der Waals surface area contributed by atoms with Crippen molar-refractivity contribution in [2.75, 3.05) is 32.0 Å². The molecule has 0 saturated heterocycles. The van der Waals surface area contributed by atoms with Gasteiger partial charge in [0.1, 0.15) is 5.82 Å². The lowest BCUT2D eigenvalue weighted by molar-refractivity contribution is -0.117. The number of aromatic nitrogens is 3. The van der Waals surface area contributed by atoms with Gasteiger partial charge in [-0.15, -0.1) is 5.10 Å². The fourth-order valence-corrected chi connectivity index (χ4v) is 2.91. The normalized spacial score (nSPS) is 13.2. The Morgan fingerprint density at radius 3 is 2.43 bits per heavy atom. The van der Waals surface area contributed by atoms with Crippen molar-refractivity contribution in [1.29, 1.82) is 0 Å². The first-order valence-corrected chi connectivity index (χ1v) is 8.86. The molecule has 0 radical (unpaired) electrons. The maximum Gasteiger partial charge on any atom is 0.249 e. The van der Waals surface area contributed by atoms with Crippen LogP contribution in [0.5, 0.6) is 17.2 Å². The van der Waals surface area contributed by atoms with Crippen LogP contribution in [-0.4, -0.2) is 41.8 Å². The van der Waals surface area contributed by atoms with Gasteiger partial charge in [0.2, 0.25) is 17.6 Å². The lowest BCUT2D eigenvalue weighted by atomic mass is 10.2. The molecule has 3 aromatic rings. The predicted molar refractivity (Wildman–Crippen MR) is 104 cm³/mol. The highest BCUT2D eigenvalue weighted by Crippen LogP contribution is 2.40. The standard InChI is InChI=1S/C19H21N5O4/c1-26-13-9-12(10-14(27-2)17(13)28-3)20-15-5-4-6-16-21-19(23-24(15)16)22-18(25)11-7-8-11/h4-6,9-11,20H,7-8H2,1-3H3,(H,22,23,25). The topological polar surface area (TPSA) is 99.0 Å². The van der Waals surface area contributed by atoms with Crippen LogP contribution in [0.3, 0.4) is 0 Å². The Hall–Kier alpha value is -3.49. The van der Waals surface area contributed by atoms with Crippen LogP contribution in [0.2, 0.25) is 0 Å². The summed E-state index contributed by atoms with van der Waals surface area (Å²) in [6.07, 6.45) is 1.85. The zero-order chi connectivity index (χ0) is 19.7. The molecule has 2 N–H and O–H groups in total. The van der Waals surface area contributed by atoms with Gasteiger partial charge >= 0.3 is 0 Å². The largest absolute Gasteiger partial charge is 0.493 e. The first-order valence-electron chi connectivity index (χ1n) is 8.86. The number of rotatable bonds is 7. The number of amides is 1. The average Bonchev–Trinajstić information content (AvgIpc) is 3.48. The number of hydrogen-bond acceptors (Lipinski definition) is 7. The zero-order valence-electron chi connectivity index (χ0n) is 15.9. The van der Waals surface area contributed by atoms with E-state index in [0.717, 1.165) is 18.5 Å². The van der Waals surface area contributed by atoms with Crippen LogP contribution in [-0.2, 0) is 4.79 Å². The molecule has 2 heterocycles. The second-order valence-corrected chi connectivity index (χ2v) is 6.42. The third kappa shape index (κ3) is 3.38. The van der Waals surface area contributed by atoms with Crippen molar-refractivity contribution < 1.29 is 19.0 Å². The fraction of sp³-hybridized carbons (Fsp3) is 0.316. The van der Waals surface area contributed by atoms with Crippen LogP contribution < -0.4 is 24.8 Å². The summed E-state index contributed by atoms with van der Waals surface area (Å²) < 4.78 is 17.8. The maximum absolute atomic E-state index is 12.0. The maximum atomic E-state index is 12.0. The van der Waals surface area contributed by atoms with Gasteiger partial charge in [0, 0.05) is 23.7 Å². The number of benzene rings is 1. The molecular weight excluding hydrogens is 362 g/mol. The van der Waals surface area contributed by atoms with E-state index >= 15 is 0 Å². The number of nitrogens with one attached hydrogen (secondary N) is 2. The lowest BCUT2D eigenvalue weighted by Crippen LogP contribution is -2.14. The molecule has 0 unspecified atom stereocenters. The quantitative estimate of drug-likeness (QED) is 0.647. The van der Waals surface area contributed by atoms with Gasteiger partial charge in [-0.2, -0.15) is 9.50 Å². The van der Waals surface area contributed by atoms with Crippen LogP contribution >= 0.6 is 0 Å². The summed E-state index contributed by atoms with van der Waals surface area (Å²) in [7, 11) is 4.68. The fourth-order valence-electron chi connectivity index (χ4n) is 2.91. The van der Waals surface area contributed by atoms with Crippen LogP contribution in [0, 0.1) is 5.92 Å². The molecular formula is C19H21N5O4. The van der Waals surface area contributed by atoms with E-state index < -0.39 is 0 Å². The molecule has 2 aromatic heterocycles. The smallest absolute Gasteiger partial charge is 0.249 e. The first kappa shape index (κ1) is 17.9. The van der Waals surface area contributed by atoms with E-state index in [1.165, 1.54) is 0 Å². The minimum absolute atomic E-state index is 0.0324. The van der Waals surface area contributed by atoms with Crippen molar-refractivity contribution in [2.24, 2.45) is 5.92 Å². The number of nitrogens with zero attached hydrogens (tertiary/aromatic N) is 3. The Morgan fingerprint density at radius 1 is 1.11 bits per heavy atom. The molecule has 1 aliphatic carbocycles. The molecule has 1 aromatic carbocycles. The molecule has 0 atom stereocenters. The monoisotopic (exact) mass is 383 g/mol. The highest BCUT2D eigenvalue weighted by Gasteiger charge is 2.30. The first-order chi connectivity index (χ1) is 13.6. The van der Waals surface area contributed by atoms with Crippen molar-refractivity contribution >= 4 is 29.0 Å². The van der Waals surface area contributed by atoms with E-state index in [4.69, 9.17) is 14.2 Å². The molecule has 9 heteroatoms. The lowest BCUT2D eigenvalue weighted by Gasteiger charge is -2.15. The highest BCUT2D eigenvalue weighted by molar-refractivity contribution is 5.92. The van der Waals surface area contributed by atoms with Crippen molar-refractivity contribution in [3.63, 3.8) is 0 Å². The Kier molecular flexibility index (Phi) is 4.64. The molecule has 0 aliphatic heterocycles. The summed E-state index contributed by atoms with van der Waals surface area (Å²) in [5, 5.41) is 10.5. The van der Waals surface area contributed by atoms with Crippen LogP contribution in [0.1, 0.15) is 12.8 Å². The van der Waals surface area contributed by atoms with Gasteiger partial charge in [-0.05, 0) is 25.0 Å². The number of methoxy groups -OCH3 is 3. The SMILES string of the molecule is COc1cc(Nc2cccc3nc(NC(=O)C4CC4)nn23)cc(OC)c1OC. The second-order valence-electron chi connectivity index (χ2n) is 6.42. The second kappa shape index (κ2) is 7.26. The molecule has 146 valence electrons. The Balaban J connectivity index is 1.66. The van der Waals surface area contributed by atoms with Gasteiger partial charge in [-0.3, -0.25) is 10.1 Å². The third-order valence-electron chi connectivity index (χ3n) is 4.48. The van der Waals surface area contributed by atoms with Crippen molar-refractivity contribution in [1.82, 2.24) is 14.6 Å². The van der Waals surface area contributed by atoms with Crippen molar-refractivity contribution in [3.05, 3.63) is 30.3 Å². The van der Waals surface area contributed by atoms with Crippen molar-refractivity contribution in [2.45, 2.75) is 12.8 Å². The van der Waals surface area contributed by atoms with E-state index in [-0.39, 0.29) is 17.8 Å². The predicted octanol–water partition coefficient (Wildman–Crippen LogP) is 2.85. The minimum Gasteiger partial charge on any atom is -0.493 e. The highest BCUT2D eigenvalue weighted by atomic mass is 16.5. The molecule has 1 amide bonds. The van der Waals surface area contributed by atoms with Gasteiger partial charge in [-0.1, -0.05) is 6.07 Å². The van der Waals surface area contributed by atoms with Gasteiger partial charge in [0.05, 0.1) is 21.3 Å². The summed E-state index contributed by atoms with van der Waals surface area (Å²) in [5.74, 6) is 2.60. The van der Waals surface area contributed by atoms with Crippen LogP contribution in [0.15, 0.2) is 30.3 Å². The molecule has 28 heavy (non-hydrogen) atoms. The zero-order valence-corrected chi connectivity index (χ0v) is 15.9. The number of ether oxygens (including phenoxy) is 3. The van der Waals surface area contributed by atoms with Crippen molar-refractivity contribution in [3.8, 4) is 17.2 Å². The summed E-state index contributed by atoms with van der Waals surface area (Å²) in [5.41, 5.74) is 1.34. The Bertz CT molecular complexity index is 1000. The summed E-state index contributed by atoms with van der Waals surface area (Å²) >= 11 is 0. The van der Waals surface area contributed by atoms with Crippen LogP contribution in [0.4, 0.5) is 17.5 Å². The molecule has 1 aliphatic rings. The van der Waals surface area contributed by atoms with Crippen LogP contribution in [0.25, 0.3) is 5.65 Å². The molecule has 9 nitrogen and oxygen atoms in total. The molecule has 1 saturated carbocycles. The average molecular weight is 383 g/mol. The Labute approximate surface area is 161 Å². The minimum atomic E-state index is -0.0324.